The molecular formula is C25H31N5O2. The zero-order valence-electron chi connectivity index (χ0n) is 18.8. The van der Waals surface area contributed by atoms with Crippen molar-refractivity contribution in [1.29, 1.82) is 0 Å². The molecule has 0 amide bonds. The van der Waals surface area contributed by atoms with E-state index in [4.69, 9.17) is 9.15 Å². The summed E-state index contributed by atoms with van der Waals surface area (Å²) >= 11 is 0. The molecule has 2 heterocycles. The van der Waals surface area contributed by atoms with Crippen LogP contribution in [0.2, 0.25) is 0 Å². The van der Waals surface area contributed by atoms with Crippen molar-refractivity contribution < 1.29 is 9.15 Å². The van der Waals surface area contributed by atoms with Crippen LogP contribution in [0.3, 0.4) is 0 Å². The van der Waals surface area contributed by atoms with Crippen LogP contribution in [0.5, 0.6) is 0 Å². The predicted octanol–water partition coefficient (Wildman–Crippen LogP) is 3.35. The molecule has 1 fully saturated rings. The first-order valence-electron chi connectivity index (χ1n) is 11.0. The van der Waals surface area contributed by atoms with Crippen molar-refractivity contribution in [2.24, 2.45) is 4.99 Å². The first-order chi connectivity index (χ1) is 15.7. The Morgan fingerprint density at radius 3 is 2.47 bits per heavy atom. The minimum Gasteiger partial charge on any atom is -0.444 e. The highest BCUT2D eigenvalue weighted by Gasteiger charge is 2.13. The molecule has 0 bridgehead atoms. The number of rotatable bonds is 7. The maximum atomic E-state index is 5.65. The summed E-state index contributed by atoms with van der Waals surface area (Å²) in [5, 5.41) is 6.74. The maximum absolute atomic E-state index is 5.65. The van der Waals surface area contributed by atoms with Crippen LogP contribution in [-0.4, -0.2) is 49.2 Å². The first-order valence-corrected chi connectivity index (χ1v) is 11.0. The van der Waals surface area contributed by atoms with Gasteiger partial charge in [-0.05, 0) is 30.2 Å². The van der Waals surface area contributed by atoms with Gasteiger partial charge in [-0.2, -0.15) is 0 Å². The van der Waals surface area contributed by atoms with Crippen molar-refractivity contribution in [2.45, 2.75) is 26.6 Å². The van der Waals surface area contributed by atoms with Crippen molar-refractivity contribution in [3.05, 3.63) is 77.2 Å². The molecule has 2 N–H and O–H groups in total. The Balaban J connectivity index is 1.31. The number of ether oxygens (including phenoxy) is 1. The van der Waals surface area contributed by atoms with Crippen LogP contribution in [0.1, 0.15) is 22.4 Å². The lowest BCUT2D eigenvalue weighted by molar-refractivity contribution is 0.0341. The van der Waals surface area contributed by atoms with Crippen molar-refractivity contribution in [3.63, 3.8) is 0 Å². The molecule has 0 saturated carbocycles. The van der Waals surface area contributed by atoms with E-state index in [-0.39, 0.29) is 0 Å². The molecule has 168 valence electrons. The third-order valence-electron chi connectivity index (χ3n) is 5.57. The molecule has 32 heavy (non-hydrogen) atoms. The molecule has 1 aliphatic rings. The van der Waals surface area contributed by atoms with E-state index in [1.807, 2.05) is 12.1 Å². The number of hydrogen-bond acceptors (Lipinski definition) is 5. The summed E-state index contributed by atoms with van der Waals surface area (Å²) < 4.78 is 11.1. The Morgan fingerprint density at radius 1 is 1.00 bits per heavy atom. The molecular weight excluding hydrogens is 402 g/mol. The van der Waals surface area contributed by atoms with Crippen molar-refractivity contribution in [1.82, 2.24) is 20.5 Å². The molecule has 7 nitrogen and oxygen atoms in total. The van der Waals surface area contributed by atoms with E-state index in [0.29, 0.717) is 19.0 Å². The van der Waals surface area contributed by atoms with Gasteiger partial charge in [0.1, 0.15) is 6.26 Å². The van der Waals surface area contributed by atoms with Crippen LogP contribution in [0.4, 0.5) is 0 Å². The summed E-state index contributed by atoms with van der Waals surface area (Å²) in [7, 11) is 1.77. The first kappa shape index (κ1) is 22.0. The maximum Gasteiger partial charge on any atom is 0.226 e. The lowest BCUT2D eigenvalue weighted by Gasteiger charge is -2.27. The van der Waals surface area contributed by atoms with Gasteiger partial charge in [0.2, 0.25) is 5.89 Å². The Labute approximate surface area is 189 Å². The number of benzene rings is 2. The van der Waals surface area contributed by atoms with Gasteiger partial charge >= 0.3 is 0 Å². The van der Waals surface area contributed by atoms with Crippen molar-refractivity contribution in [2.75, 3.05) is 33.4 Å². The van der Waals surface area contributed by atoms with E-state index in [2.05, 4.69) is 68.8 Å². The molecule has 1 aromatic heterocycles. The topological polar surface area (TPSA) is 74.9 Å². The fourth-order valence-corrected chi connectivity index (χ4v) is 3.68. The normalized spacial score (nSPS) is 15.0. The zero-order chi connectivity index (χ0) is 22.2. The number of guanidine groups is 1. The van der Waals surface area contributed by atoms with Crippen LogP contribution >= 0.6 is 0 Å². The molecule has 0 aliphatic carbocycles. The highest BCUT2D eigenvalue weighted by atomic mass is 16.5. The second-order valence-corrected chi connectivity index (χ2v) is 7.95. The van der Waals surface area contributed by atoms with Gasteiger partial charge < -0.3 is 19.8 Å². The fraction of sp³-hybridized carbons (Fsp3) is 0.360. The van der Waals surface area contributed by atoms with Gasteiger partial charge in [0.05, 0.1) is 25.5 Å². The number of oxazole rings is 1. The lowest BCUT2D eigenvalue weighted by Crippen LogP contribution is -2.37. The van der Waals surface area contributed by atoms with Crippen LogP contribution in [-0.2, 0) is 24.4 Å². The number of hydrogen-bond donors (Lipinski definition) is 2. The molecule has 0 spiro atoms. The summed E-state index contributed by atoms with van der Waals surface area (Å²) in [4.78, 5) is 11.4. The van der Waals surface area contributed by atoms with Crippen LogP contribution in [0.25, 0.3) is 11.5 Å². The molecule has 0 unspecified atom stereocenters. The minimum atomic E-state index is 0.532. The minimum absolute atomic E-state index is 0.532. The SMILES string of the molecule is CN=C(NCc1coc(-c2ccc(C)cc2)n1)NCc1ccccc1CN1CCOCC1. The number of aliphatic imine (C=N–C) groups is 1. The van der Waals surface area contributed by atoms with E-state index in [0.717, 1.165) is 50.1 Å². The Bertz CT molecular complexity index is 1020. The quantitative estimate of drug-likeness (QED) is 0.440. The van der Waals surface area contributed by atoms with Gasteiger partial charge in [-0.25, -0.2) is 4.98 Å². The van der Waals surface area contributed by atoms with Gasteiger partial charge in [0, 0.05) is 38.8 Å². The molecule has 2 aromatic carbocycles. The van der Waals surface area contributed by atoms with Gasteiger partial charge in [-0.15, -0.1) is 0 Å². The molecule has 4 rings (SSSR count). The number of aromatic nitrogens is 1. The van der Waals surface area contributed by atoms with Crippen LogP contribution < -0.4 is 10.6 Å². The molecule has 7 heteroatoms. The summed E-state index contributed by atoms with van der Waals surface area (Å²) in [6.45, 7) is 7.82. The van der Waals surface area contributed by atoms with Gasteiger partial charge in [0.15, 0.2) is 5.96 Å². The Kier molecular flexibility index (Phi) is 7.53. The van der Waals surface area contributed by atoms with E-state index in [1.165, 1.54) is 16.7 Å². The summed E-state index contributed by atoms with van der Waals surface area (Å²) in [5.74, 6) is 1.35. The second-order valence-electron chi connectivity index (χ2n) is 7.95. The predicted molar refractivity (Wildman–Crippen MR) is 126 cm³/mol. The number of aryl methyl sites for hydroxylation is 1. The summed E-state index contributed by atoms with van der Waals surface area (Å²) in [6, 6.07) is 16.7. The molecule has 1 aliphatic heterocycles. The summed E-state index contributed by atoms with van der Waals surface area (Å²) in [6.07, 6.45) is 1.69. The largest absolute Gasteiger partial charge is 0.444 e. The molecule has 3 aromatic rings. The molecule has 1 saturated heterocycles. The summed E-state index contributed by atoms with van der Waals surface area (Å²) in [5.41, 5.74) is 5.61. The second kappa shape index (κ2) is 10.9. The Hall–Kier alpha value is -3.16. The number of nitrogens with zero attached hydrogens (tertiary/aromatic N) is 3. The van der Waals surface area contributed by atoms with Gasteiger partial charge in [0.25, 0.3) is 0 Å². The average molecular weight is 434 g/mol. The standard InChI is InChI=1S/C25H31N5O2/c1-19-7-9-20(10-8-19)24-29-23(18-32-24)16-28-25(26-2)27-15-21-5-3-4-6-22(21)17-30-11-13-31-14-12-30/h3-10,18H,11-17H2,1-2H3,(H2,26,27,28). The fourth-order valence-electron chi connectivity index (χ4n) is 3.68. The van der Waals surface area contributed by atoms with Crippen LogP contribution in [0, 0.1) is 6.92 Å². The number of nitrogens with one attached hydrogen (secondary N) is 2. The number of morpholine rings is 1. The van der Waals surface area contributed by atoms with E-state index in [1.54, 1.807) is 13.3 Å². The van der Waals surface area contributed by atoms with Crippen molar-refractivity contribution in [3.8, 4) is 11.5 Å². The van der Waals surface area contributed by atoms with E-state index in [9.17, 15) is 0 Å². The third kappa shape index (κ3) is 5.96. The van der Waals surface area contributed by atoms with Gasteiger partial charge in [-0.1, -0.05) is 42.0 Å². The molecule has 0 atom stereocenters. The highest BCUT2D eigenvalue weighted by molar-refractivity contribution is 5.79. The third-order valence-corrected chi connectivity index (χ3v) is 5.57. The molecule has 0 radical (unpaired) electrons. The Morgan fingerprint density at radius 2 is 1.72 bits per heavy atom. The van der Waals surface area contributed by atoms with Crippen LogP contribution in [0.15, 0.2) is 64.2 Å². The van der Waals surface area contributed by atoms with Gasteiger partial charge in [-0.3, -0.25) is 9.89 Å². The zero-order valence-corrected chi connectivity index (χ0v) is 18.8. The van der Waals surface area contributed by atoms with E-state index < -0.39 is 0 Å². The average Bonchev–Trinajstić information content (AvgIpc) is 3.30. The highest BCUT2D eigenvalue weighted by Crippen LogP contribution is 2.19. The lowest BCUT2D eigenvalue weighted by atomic mass is 10.1. The smallest absolute Gasteiger partial charge is 0.226 e. The van der Waals surface area contributed by atoms with E-state index >= 15 is 0 Å². The van der Waals surface area contributed by atoms with Crippen molar-refractivity contribution >= 4 is 5.96 Å². The monoisotopic (exact) mass is 433 g/mol.